The molecule has 0 spiro atoms. The number of anilines is 1. The van der Waals surface area contributed by atoms with Crippen LogP contribution in [0.5, 0.6) is 0 Å². The standard InChI is InChI=1S/C27H32ClN5O2/c1-19-4-3-5-24(20(19)2)32-14-16-33(17-15-32)27(34)22-10-12-31(13-11-22)18-25-29-26(30-35-25)21-6-8-23(28)9-7-21/h3-9,22H,10-18H2,1-2H3. The van der Waals surface area contributed by atoms with Crippen LogP contribution in [0.4, 0.5) is 5.69 Å². The Morgan fingerprint density at radius 3 is 2.43 bits per heavy atom. The zero-order chi connectivity index (χ0) is 24.4. The molecule has 5 rings (SSSR count). The first-order chi connectivity index (χ1) is 17.0. The average Bonchev–Trinajstić information content (AvgIpc) is 3.35. The number of likely N-dealkylation sites (tertiary alicyclic amines) is 1. The van der Waals surface area contributed by atoms with Gasteiger partial charge in [0, 0.05) is 48.4 Å². The van der Waals surface area contributed by atoms with Gasteiger partial charge >= 0.3 is 0 Å². The second-order valence-corrected chi connectivity index (χ2v) is 10.0. The first kappa shape index (κ1) is 23.8. The van der Waals surface area contributed by atoms with E-state index in [1.54, 1.807) is 0 Å². The van der Waals surface area contributed by atoms with Crippen LogP contribution in [-0.4, -0.2) is 65.1 Å². The second kappa shape index (κ2) is 10.4. The first-order valence-corrected chi connectivity index (χ1v) is 12.8. The smallest absolute Gasteiger partial charge is 0.241 e. The molecule has 184 valence electrons. The highest BCUT2D eigenvalue weighted by Gasteiger charge is 2.31. The fraction of sp³-hybridized carbons (Fsp3) is 0.444. The van der Waals surface area contributed by atoms with Gasteiger partial charge in [0.15, 0.2) is 0 Å². The summed E-state index contributed by atoms with van der Waals surface area (Å²) in [6.45, 7) is 10.0. The quantitative estimate of drug-likeness (QED) is 0.519. The number of aromatic nitrogens is 2. The lowest BCUT2D eigenvalue weighted by Gasteiger charge is -2.39. The number of aryl methyl sites for hydroxylation is 1. The third-order valence-corrected chi connectivity index (χ3v) is 7.63. The number of hydrogen-bond acceptors (Lipinski definition) is 6. The normalized spacial score (nSPS) is 17.7. The minimum Gasteiger partial charge on any atom is -0.368 e. The Balaban J connectivity index is 1.10. The first-order valence-electron chi connectivity index (χ1n) is 12.4. The molecule has 2 saturated heterocycles. The fourth-order valence-corrected chi connectivity index (χ4v) is 5.19. The molecule has 0 bridgehead atoms. The van der Waals surface area contributed by atoms with E-state index in [0.717, 1.165) is 57.7 Å². The van der Waals surface area contributed by atoms with E-state index in [9.17, 15) is 4.79 Å². The van der Waals surface area contributed by atoms with E-state index in [1.165, 1.54) is 16.8 Å². The van der Waals surface area contributed by atoms with Crippen LogP contribution < -0.4 is 4.90 Å². The molecule has 3 aromatic rings. The molecule has 1 aromatic heterocycles. The summed E-state index contributed by atoms with van der Waals surface area (Å²) in [6.07, 6.45) is 1.74. The maximum atomic E-state index is 13.2. The van der Waals surface area contributed by atoms with Crippen molar-refractivity contribution in [1.82, 2.24) is 19.9 Å². The summed E-state index contributed by atoms with van der Waals surface area (Å²) in [4.78, 5) is 24.5. The van der Waals surface area contributed by atoms with Crippen molar-refractivity contribution in [3.8, 4) is 11.4 Å². The van der Waals surface area contributed by atoms with Crippen LogP contribution in [0.15, 0.2) is 47.0 Å². The van der Waals surface area contributed by atoms with Gasteiger partial charge in [-0.05, 0) is 81.2 Å². The second-order valence-electron chi connectivity index (χ2n) is 9.60. The van der Waals surface area contributed by atoms with Crippen molar-refractivity contribution in [1.29, 1.82) is 0 Å². The summed E-state index contributed by atoms with van der Waals surface area (Å²) in [6, 6.07) is 13.9. The third-order valence-electron chi connectivity index (χ3n) is 7.37. The van der Waals surface area contributed by atoms with Crippen molar-refractivity contribution in [2.45, 2.75) is 33.2 Å². The lowest BCUT2D eigenvalue weighted by molar-refractivity contribution is -0.137. The zero-order valence-corrected chi connectivity index (χ0v) is 21.2. The predicted octanol–water partition coefficient (Wildman–Crippen LogP) is 4.57. The van der Waals surface area contributed by atoms with Gasteiger partial charge in [-0.1, -0.05) is 28.9 Å². The van der Waals surface area contributed by atoms with Crippen LogP contribution in [-0.2, 0) is 11.3 Å². The van der Waals surface area contributed by atoms with E-state index >= 15 is 0 Å². The minimum absolute atomic E-state index is 0.103. The number of hydrogen-bond donors (Lipinski definition) is 0. The van der Waals surface area contributed by atoms with Gasteiger partial charge in [-0.15, -0.1) is 0 Å². The van der Waals surface area contributed by atoms with Gasteiger partial charge in [-0.3, -0.25) is 9.69 Å². The third kappa shape index (κ3) is 5.36. The van der Waals surface area contributed by atoms with Gasteiger partial charge in [0.1, 0.15) is 0 Å². The van der Waals surface area contributed by atoms with Crippen LogP contribution >= 0.6 is 11.6 Å². The largest absolute Gasteiger partial charge is 0.368 e. The van der Waals surface area contributed by atoms with Crippen molar-refractivity contribution in [3.63, 3.8) is 0 Å². The molecular weight excluding hydrogens is 462 g/mol. The Labute approximate surface area is 211 Å². The molecule has 0 N–H and O–H groups in total. The van der Waals surface area contributed by atoms with E-state index in [1.807, 2.05) is 24.3 Å². The lowest BCUT2D eigenvalue weighted by atomic mass is 9.95. The van der Waals surface area contributed by atoms with E-state index in [2.05, 4.69) is 56.9 Å². The molecule has 2 aliphatic rings. The van der Waals surface area contributed by atoms with Gasteiger partial charge in [0.25, 0.3) is 0 Å². The minimum atomic E-state index is 0.103. The summed E-state index contributed by atoms with van der Waals surface area (Å²) in [7, 11) is 0. The van der Waals surface area contributed by atoms with Crippen molar-refractivity contribution >= 4 is 23.2 Å². The molecule has 0 atom stereocenters. The Morgan fingerprint density at radius 2 is 1.71 bits per heavy atom. The molecule has 2 aromatic carbocycles. The maximum Gasteiger partial charge on any atom is 0.241 e. The number of carbonyl (C=O) groups excluding carboxylic acids is 1. The fourth-order valence-electron chi connectivity index (χ4n) is 5.07. The number of piperidine rings is 1. The van der Waals surface area contributed by atoms with Gasteiger partial charge in [0.05, 0.1) is 6.54 Å². The number of benzene rings is 2. The molecule has 0 saturated carbocycles. The molecule has 8 heteroatoms. The van der Waals surface area contributed by atoms with Crippen LogP contribution in [0, 0.1) is 19.8 Å². The van der Waals surface area contributed by atoms with E-state index in [0.29, 0.717) is 29.2 Å². The van der Waals surface area contributed by atoms with Crippen molar-refractivity contribution in [2.75, 3.05) is 44.2 Å². The van der Waals surface area contributed by atoms with Crippen molar-refractivity contribution in [2.24, 2.45) is 5.92 Å². The highest BCUT2D eigenvalue weighted by molar-refractivity contribution is 6.30. The molecule has 1 amide bonds. The number of halogens is 1. The van der Waals surface area contributed by atoms with Crippen LogP contribution in [0.3, 0.4) is 0 Å². The predicted molar refractivity (Wildman–Crippen MR) is 137 cm³/mol. The monoisotopic (exact) mass is 493 g/mol. The number of nitrogens with zero attached hydrogens (tertiary/aromatic N) is 5. The number of carbonyl (C=O) groups is 1. The Hall–Kier alpha value is -2.90. The maximum absolute atomic E-state index is 13.2. The van der Waals surface area contributed by atoms with E-state index in [-0.39, 0.29) is 5.92 Å². The molecule has 3 heterocycles. The number of amides is 1. The molecule has 2 fully saturated rings. The summed E-state index contributed by atoms with van der Waals surface area (Å²) in [5.41, 5.74) is 4.83. The molecule has 35 heavy (non-hydrogen) atoms. The van der Waals surface area contributed by atoms with Crippen molar-refractivity contribution < 1.29 is 9.32 Å². The van der Waals surface area contributed by atoms with E-state index < -0.39 is 0 Å². The van der Waals surface area contributed by atoms with Crippen LogP contribution in [0.25, 0.3) is 11.4 Å². The summed E-state index contributed by atoms with van der Waals surface area (Å²) < 4.78 is 5.47. The Morgan fingerprint density at radius 1 is 1.00 bits per heavy atom. The van der Waals surface area contributed by atoms with Crippen molar-refractivity contribution in [3.05, 3.63) is 64.5 Å². The van der Waals surface area contributed by atoms with Crippen LogP contribution in [0.1, 0.15) is 29.9 Å². The molecule has 0 aliphatic carbocycles. The van der Waals surface area contributed by atoms with Crippen LogP contribution in [0.2, 0.25) is 5.02 Å². The summed E-state index contributed by atoms with van der Waals surface area (Å²) in [5.74, 6) is 1.59. The zero-order valence-electron chi connectivity index (χ0n) is 20.4. The number of piperazine rings is 1. The highest BCUT2D eigenvalue weighted by Crippen LogP contribution is 2.26. The van der Waals surface area contributed by atoms with Gasteiger partial charge in [0.2, 0.25) is 17.6 Å². The highest BCUT2D eigenvalue weighted by atomic mass is 35.5. The molecule has 7 nitrogen and oxygen atoms in total. The lowest BCUT2D eigenvalue weighted by Crippen LogP contribution is -2.51. The van der Waals surface area contributed by atoms with Gasteiger partial charge in [-0.2, -0.15) is 4.98 Å². The SMILES string of the molecule is Cc1cccc(N2CCN(C(=O)C3CCN(Cc4nc(-c5ccc(Cl)cc5)no4)CC3)CC2)c1C. The summed E-state index contributed by atoms with van der Waals surface area (Å²) in [5, 5.41) is 4.78. The summed E-state index contributed by atoms with van der Waals surface area (Å²) >= 11 is 5.96. The molecule has 0 radical (unpaired) electrons. The molecule has 2 aliphatic heterocycles. The van der Waals surface area contributed by atoms with E-state index in [4.69, 9.17) is 16.1 Å². The van der Waals surface area contributed by atoms with Gasteiger partial charge < -0.3 is 14.3 Å². The molecular formula is C27H32ClN5O2. The Kier molecular flexibility index (Phi) is 7.07. The Bertz CT molecular complexity index is 1160. The number of rotatable bonds is 5. The topological polar surface area (TPSA) is 65.7 Å². The van der Waals surface area contributed by atoms with Gasteiger partial charge in [-0.25, -0.2) is 0 Å². The average molecular weight is 494 g/mol. The molecule has 0 unspecified atom stereocenters.